The third-order valence-corrected chi connectivity index (χ3v) is 5.06. The topological polar surface area (TPSA) is 106 Å². The molecule has 0 saturated heterocycles. The number of nitrogens with zero attached hydrogens (tertiary/aromatic N) is 4. The SMILES string of the molecule is CC(C)Cn1c(N/N=C\c2ccc(OCc3ccccc3)cc2)nc2c1c(=O)[nH]c(=O)n2C. The van der Waals surface area contributed by atoms with Crippen LogP contribution >= 0.6 is 0 Å². The summed E-state index contributed by atoms with van der Waals surface area (Å²) >= 11 is 0. The van der Waals surface area contributed by atoms with Gasteiger partial charge in [0.25, 0.3) is 5.56 Å². The first-order valence-corrected chi connectivity index (χ1v) is 10.7. The zero-order chi connectivity index (χ0) is 23.4. The molecule has 0 aliphatic heterocycles. The number of anilines is 1. The molecule has 0 fully saturated rings. The third-order valence-electron chi connectivity index (χ3n) is 5.06. The van der Waals surface area contributed by atoms with Gasteiger partial charge in [0, 0.05) is 13.6 Å². The van der Waals surface area contributed by atoms with E-state index in [0.29, 0.717) is 30.3 Å². The first kappa shape index (κ1) is 22.1. The molecule has 2 aromatic carbocycles. The molecule has 0 aliphatic carbocycles. The fourth-order valence-corrected chi connectivity index (χ4v) is 3.42. The van der Waals surface area contributed by atoms with Crippen LogP contribution in [0.15, 0.2) is 69.3 Å². The minimum absolute atomic E-state index is 0.256. The Morgan fingerprint density at radius 2 is 1.85 bits per heavy atom. The predicted octanol–water partition coefficient (Wildman–Crippen LogP) is 3.10. The van der Waals surface area contributed by atoms with Gasteiger partial charge < -0.3 is 9.30 Å². The molecule has 9 heteroatoms. The Morgan fingerprint density at radius 3 is 2.55 bits per heavy atom. The van der Waals surface area contributed by atoms with Crippen molar-refractivity contribution in [1.82, 2.24) is 19.1 Å². The van der Waals surface area contributed by atoms with Crippen molar-refractivity contribution in [2.75, 3.05) is 5.43 Å². The van der Waals surface area contributed by atoms with E-state index in [1.165, 1.54) is 4.57 Å². The molecule has 4 rings (SSSR count). The second-order valence-electron chi connectivity index (χ2n) is 8.14. The van der Waals surface area contributed by atoms with Gasteiger partial charge in [-0.3, -0.25) is 14.3 Å². The largest absolute Gasteiger partial charge is 0.489 e. The smallest absolute Gasteiger partial charge is 0.329 e. The third kappa shape index (κ3) is 5.03. The Balaban J connectivity index is 1.50. The van der Waals surface area contributed by atoms with Crippen LogP contribution in [-0.4, -0.2) is 25.3 Å². The van der Waals surface area contributed by atoms with E-state index in [9.17, 15) is 9.59 Å². The average Bonchev–Trinajstić information content (AvgIpc) is 3.16. The van der Waals surface area contributed by atoms with E-state index >= 15 is 0 Å². The quantitative estimate of drug-likeness (QED) is 0.320. The average molecular weight is 447 g/mol. The lowest BCUT2D eigenvalue weighted by molar-refractivity contribution is 0.306. The summed E-state index contributed by atoms with van der Waals surface area (Å²) in [7, 11) is 1.57. The van der Waals surface area contributed by atoms with E-state index in [1.807, 2.05) is 68.4 Å². The Labute approximate surface area is 190 Å². The molecule has 0 unspecified atom stereocenters. The molecule has 0 saturated carbocycles. The molecule has 2 N–H and O–H groups in total. The summed E-state index contributed by atoms with van der Waals surface area (Å²) in [6.07, 6.45) is 1.66. The number of hydrogen-bond acceptors (Lipinski definition) is 6. The van der Waals surface area contributed by atoms with Gasteiger partial charge in [-0.1, -0.05) is 44.2 Å². The molecule has 33 heavy (non-hydrogen) atoms. The van der Waals surface area contributed by atoms with Gasteiger partial charge in [-0.05, 0) is 41.3 Å². The van der Waals surface area contributed by atoms with Gasteiger partial charge in [0.2, 0.25) is 5.95 Å². The van der Waals surface area contributed by atoms with Crippen LogP contribution < -0.4 is 21.4 Å². The Hall–Kier alpha value is -4.14. The Morgan fingerprint density at radius 1 is 1.12 bits per heavy atom. The molecule has 0 atom stereocenters. The summed E-state index contributed by atoms with van der Waals surface area (Å²) < 4.78 is 8.87. The molecular weight excluding hydrogens is 420 g/mol. The first-order valence-electron chi connectivity index (χ1n) is 10.7. The molecule has 0 bridgehead atoms. The van der Waals surface area contributed by atoms with Crippen molar-refractivity contribution in [1.29, 1.82) is 0 Å². The predicted molar refractivity (Wildman–Crippen MR) is 129 cm³/mol. The van der Waals surface area contributed by atoms with E-state index in [2.05, 4.69) is 20.5 Å². The van der Waals surface area contributed by atoms with Crippen molar-refractivity contribution < 1.29 is 4.74 Å². The minimum atomic E-state index is -0.508. The van der Waals surface area contributed by atoms with Crippen LogP contribution in [-0.2, 0) is 20.2 Å². The number of rotatable bonds is 8. The van der Waals surface area contributed by atoms with Gasteiger partial charge in [0.15, 0.2) is 11.2 Å². The lowest BCUT2D eigenvalue weighted by atomic mass is 10.2. The number of aromatic nitrogens is 4. The van der Waals surface area contributed by atoms with Gasteiger partial charge >= 0.3 is 5.69 Å². The number of nitrogens with one attached hydrogen (secondary N) is 2. The molecule has 2 heterocycles. The number of ether oxygens (including phenoxy) is 1. The maximum Gasteiger partial charge on any atom is 0.329 e. The van der Waals surface area contributed by atoms with E-state index in [-0.39, 0.29) is 5.92 Å². The highest BCUT2D eigenvalue weighted by molar-refractivity contribution is 5.80. The normalized spacial score (nSPS) is 11.5. The van der Waals surface area contributed by atoms with Crippen LogP contribution in [0, 0.1) is 5.92 Å². The number of hydrogen-bond donors (Lipinski definition) is 2. The van der Waals surface area contributed by atoms with Crippen molar-refractivity contribution >= 4 is 23.3 Å². The molecule has 0 radical (unpaired) electrons. The van der Waals surface area contributed by atoms with Gasteiger partial charge in [-0.25, -0.2) is 10.2 Å². The zero-order valence-corrected chi connectivity index (χ0v) is 18.8. The first-order chi connectivity index (χ1) is 15.9. The number of fused-ring (bicyclic) bond motifs is 1. The minimum Gasteiger partial charge on any atom is -0.489 e. The van der Waals surface area contributed by atoms with Crippen molar-refractivity contribution in [2.24, 2.45) is 18.1 Å². The van der Waals surface area contributed by atoms with Crippen LogP contribution in [0.3, 0.4) is 0 Å². The summed E-state index contributed by atoms with van der Waals surface area (Å²) in [6.45, 7) is 5.12. The van der Waals surface area contributed by atoms with Crippen LogP contribution in [0.5, 0.6) is 5.75 Å². The highest BCUT2D eigenvalue weighted by Gasteiger charge is 2.17. The number of H-pyrrole nitrogens is 1. The van der Waals surface area contributed by atoms with Crippen LogP contribution in [0.25, 0.3) is 11.2 Å². The van der Waals surface area contributed by atoms with Crippen molar-refractivity contribution in [2.45, 2.75) is 27.0 Å². The fraction of sp³-hybridized carbons (Fsp3) is 0.250. The van der Waals surface area contributed by atoms with E-state index in [1.54, 1.807) is 17.8 Å². The Kier molecular flexibility index (Phi) is 6.39. The fourth-order valence-electron chi connectivity index (χ4n) is 3.42. The van der Waals surface area contributed by atoms with Gasteiger partial charge in [-0.2, -0.15) is 10.1 Å². The van der Waals surface area contributed by atoms with Crippen molar-refractivity contribution in [3.05, 3.63) is 86.6 Å². The summed E-state index contributed by atoms with van der Waals surface area (Å²) in [5, 5.41) is 4.28. The zero-order valence-electron chi connectivity index (χ0n) is 18.8. The van der Waals surface area contributed by atoms with Crippen molar-refractivity contribution in [3.63, 3.8) is 0 Å². The summed E-state index contributed by atoms with van der Waals surface area (Å²) in [4.78, 5) is 31.2. The Bertz CT molecular complexity index is 1380. The molecule has 0 amide bonds. The van der Waals surface area contributed by atoms with Gasteiger partial charge in [0.05, 0.1) is 6.21 Å². The second kappa shape index (κ2) is 9.56. The van der Waals surface area contributed by atoms with E-state index in [4.69, 9.17) is 4.74 Å². The second-order valence-corrected chi connectivity index (χ2v) is 8.14. The number of aryl methyl sites for hydroxylation is 1. The molecular formula is C24H26N6O3. The lowest BCUT2D eigenvalue weighted by Gasteiger charge is -2.10. The van der Waals surface area contributed by atoms with E-state index < -0.39 is 11.2 Å². The highest BCUT2D eigenvalue weighted by Crippen LogP contribution is 2.18. The maximum absolute atomic E-state index is 12.4. The maximum atomic E-state index is 12.4. The summed E-state index contributed by atoms with van der Waals surface area (Å²) in [5.41, 5.74) is 4.55. The number of aromatic amines is 1. The molecule has 2 aromatic heterocycles. The number of benzene rings is 2. The molecule has 0 aliphatic rings. The van der Waals surface area contributed by atoms with Crippen LogP contribution in [0.4, 0.5) is 5.95 Å². The van der Waals surface area contributed by atoms with Gasteiger partial charge in [-0.15, -0.1) is 0 Å². The van der Waals surface area contributed by atoms with Gasteiger partial charge in [0.1, 0.15) is 12.4 Å². The number of hydrazone groups is 1. The molecule has 9 nitrogen and oxygen atoms in total. The monoisotopic (exact) mass is 446 g/mol. The molecule has 4 aromatic rings. The van der Waals surface area contributed by atoms with Crippen LogP contribution in [0.1, 0.15) is 25.0 Å². The molecule has 170 valence electrons. The standard InChI is InChI=1S/C24H26N6O3/c1-16(2)14-30-20-21(29(3)24(32)27-22(20)31)26-23(30)28-25-13-17-9-11-19(12-10-17)33-15-18-7-5-4-6-8-18/h4-13,16H,14-15H2,1-3H3,(H,26,28)(H,27,31,32)/b25-13-. The molecule has 0 spiro atoms. The number of imidazole rings is 1. The summed E-state index contributed by atoms with van der Waals surface area (Å²) in [6, 6.07) is 17.5. The highest BCUT2D eigenvalue weighted by atomic mass is 16.5. The van der Waals surface area contributed by atoms with Crippen LogP contribution in [0.2, 0.25) is 0 Å². The lowest BCUT2D eigenvalue weighted by Crippen LogP contribution is -2.29. The van der Waals surface area contributed by atoms with E-state index in [0.717, 1.165) is 16.9 Å². The van der Waals surface area contributed by atoms with Crippen molar-refractivity contribution in [3.8, 4) is 5.75 Å². The summed E-state index contributed by atoms with van der Waals surface area (Å²) in [5.74, 6) is 1.42.